The van der Waals surface area contributed by atoms with Crippen molar-refractivity contribution in [1.29, 1.82) is 0 Å². The normalized spacial score (nSPS) is 16.3. The molecule has 1 aliphatic heterocycles. The predicted octanol–water partition coefficient (Wildman–Crippen LogP) is 0.307. The standard InChI is InChI=1S/C18H29N3O6S/c1-14(18(22)19-7-8-20-9-11-27-12-10-20)21(28(4,23)24)16-13-15(25-2)5-6-17(16)26-3/h5-6,13-14H,7-12H2,1-4H3,(H,19,22). The Labute approximate surface area is 166 Å². The Balaban J connectivity index is 2.15. The SMILES string of the molecule is COc1ccc(OC)c(N(C(C)C(=O)NCCN2CCOCC2)S(C)(=O)=O)c1. The van der Waals surface area contributed by atoms with Gasteiger partial charge in [-0.25, -0.2) is 8.42 Å². The third kappa shape index (κ3) is 5.73. The topological polar surface area (TPSA) is 97.4 Å². The molecule has 1 heterocycles. The van der Waals surface area contributed by atoms with Crippen molar-refractivity contribution in [3.8, 4) is 11.5 Å². The molecule has 10 heteroatoms. The highest BCUT2D eigenvalue weighted by Crippen LogP contribution is 2.35. The Kier molecular flexibility index (Phi) is 7.90. The molecular formula is C18H29N3O6S. The highest BCUT2D eigenvalue weighted by atomic mass is 32.2. The molecule has 2 rings (SSSR count). The molecule has 0 aliphatic carbocycles. The molecule has 28 heavy (non-hydrogen) atoms. The first-order valence-electron chi connectivity index (χ1n) is 9.07. The number of carbonyl (C=O) groups is 1. The molecule has 1 N–H and O–H groups in total. The van der Waals surface area contributed by atoms with Crippen molar-refractivity contribution in [2.24, 2.45) is 0 Å². The summed E-state index contributed by atoms with van der Waals surface area (Å²) in [5.74, 6) is 0.409. The van der Waals surface area contributed by atoms with Crippen LogP contribution in [0.3, 0.4) is 0 Å². The summed E-state index contributed by atoms with van der Waals surface area (Å²) in [5, 5.41) is 2.82. The van der Waals surface area contributed by atoms with Gasteiger partial charge in [0.1, 0.15) is 17.5 Å². The van der Waals surface area contributed by atoms with Gasteiger partial charge >= 0.3 is 0 Å². The lowest BCUT2D eigenvalue weighted by molar-refractivity contribution is -0.121. The Hall–Kier alpha value is -2.04. The monoisotopic (exact) mass is 415 g/mol. The molecule has 1 aromatic rings. The van der Waals surface area contributed by atoms with Crippen LogP contribution in [0.15, 0.2) is 18.2 Å². The van der Waals surface area contributed by atoms with Crippen LogP contribution in [0.25, 0.3) is 0 Å². The summed E-state index contributed by atoms with van der Waals surface area (Å²) >= 11 is 0. The number of nitrogens with zero attached hydrogens (tertiary/aromatic N) is 2. The predicted molar refractivity (Wildman–Crippen MR) is 107 cm³/mol. The van der Waals surface area contributed by atoms with E-state index >= 15 is 0 Å². The average molecular weight is 416 g/mol. The second-order valence-electron chi connectivity index (χ2n) is 6.52. The van der Waals surface area contributed by atoms with Crippen LogP contribution in [0.4, 0.5) is 5.69 Å². The first-order chi connectivity index (χ1) is 13.3. The third-order valence-corrected chi connectivity index (χ3v) is 5.77. The maximum Gasteiger partial charge on any atom is 0.243 e. The smallest absolute Gasteiger partial charge is 0.243 e. The lowest BCUT2D eigenvalue weighted by Crippen LogP contribution is -2.49. The van der Waals surface area contributed by atoms with Crippen molar-refractivity contribution in [3.05, 3.63) is 18.2 Å². The van der Waals surface area contributed by atoms with Crippen LogP contribution < -0.4 is 19.1 Å². The van der Waals surface area contributed by atoms with E-state index in [2.05, 4.69) is 10.2 Å². The van der Waals surface area contributed by atoms with Crippen LogP contribution in [-0.2, 0) is 19.6 Å². The summed E-state index contributed by atoms with van der Waals surface area (Å²) in [7, 11) is -0.828. The molecule has 0 bridgehead atoms. The van der Waals surface area contributed by atoms with Gasteiger partial charge in [0.25, 0.3) is 0 Å². The highest BCUT2D eigenvalue weighted by molar-refractivity contribution is 7.92. The number of ether oxygens (including phenoxy) is 3. The minimum Gasteiger partial charge on any atom is -0.497 e. The van der Waals surface area contributed by atoms with Crippen LogP contribution in [0, 0.1) is 0 Å². The molecule has 0 radical (unpaired) electrons. The number of anilines is 1. The van der Waals surface area contributed by atoms with Crippen molar-refractivity contribution >= 4 is 21.6 Å². The van der Waals surface area contributed by atoms with Gasteiger partial charge < -0.3 is 19.5 Å². The van der Waals surface area contributed by atoms with Gasteiger partial charge in [-0.1, -0.05) is 0 Å². The zero-order chi connectivity index (χ0) is 20.7. The number of methoxy groups -OCH3 is 2. The van der Waals surface area contributed by atoms with Gasteiger partial charge in [-0.2, -0.15) is 0 Å². The highest BCUT2D eigenvalue weighted by Gasteiger charge is 2.31. The number of sulfonamides is 1. The van der Waals surface area contributed by atoms with E-state index in [-0.39, 0.29) is 11.6 Å². The number of rotatable bonds is 9. The zero-order valence-corrected chi connectivity index (χ0v) is 17.6. The average Bonchev–Trinajstić information content (AvgIpc) is 2.67. The van der Waals surface area contributed by atoms with Crippen LogP contribution >= 0.6 is 0 Å². The first kappa shape index (κ1) is 22.3. The maximum absolute atomic E-state index is 12.7. The molecule has 0 spiro atoms. The van der Waals surface area contributed by atoms with Crippen molar-refractivity contribution in [2.75, 3.05) is 64.2 Å². The van der Waals surface area contributed by atoms with Gasteiger partial charge in [0.05, 0.1) is 39.4 Å². The number of morpholine rings is 1. The summed E-state index contributed by atoms with van der Waals surface area (Å²) in [6.07, 6.45) is 1.06. The molecule has 1 unspecified atom stereocenters. The second kappa shape index (κ2) is 9.94. The van der Waals surface area contributed by atoms with E-state index in [0.29, 0.717) is 37.8 Å². The second-order valence-corrected chi connectivity index (χ2v) is 8.38. The number of hydrogen-bond acceptors (Lipinski definition) is 7. The zero-order valence-electron chi connectivity index (χ0n) is 16.8. The minimum atomic E-state index is -3.76. The number of benzene rings is 1. The van der Waals surface area contributed by atoms with Gasteiger partial charge in [0, 0.05) is 32.2 Å². The van der Waals surface area contributed by atoms with Crippen LogP contribution in [0.1, 0.15) is 6.92 Å². The quantitative estimate of drug-likeness (QED) is 0.620. The summed E-state index contributed by atoms with van der Waals surface area (Å²) < 4.78 is 41.8. The lowest BCUT2D eigenvalue weighted by atomic mass is 10.2. The molecule has 1 aromatic carbocycles. The van der Waals surface area contributed by atoms with Crippen LogP contribution in [0.2, 0.25) is 0 Å². The van der Waals surface area contributed by atoms with E-state index in [1.165, 1.54) is 20.3 Å². The van der Waals surface area contributed by atoms with Crippen molar-refractivity contribution in [2.45, 2.75) is 13.0 Å². The van der Waals surface area contributed by atoms with Gasteiger partial charge in [-0.3, -0.25) is 14.0 Å². The lowest BCUT2D eigenvalue weighted by Gasteiger charge is -2.30. The minimum absolute atomic E-state index is 0.250. The largest absolute Gasteiger partial charge is 0.497 e. The number of hydrogen-bond donors (Lipinski definition) is 1. The van der Waals surface area contributed by atoms with E-state index in [0.717, 1.165) is 23.7 Å². The van der Waals surface area contributed by atoms with Crippen molar-refractivity contribution in [3.63, 3.8) is 0 Å². The number of amides is 1. The Morgan fingerprint density at radius 2 is 1.96 bits per heavy atom. The van der Waals surface area contributed by atoms with Gasteiger partial charge in [0.15, 0.2) is 0 Å². The molecule has 1 atom stereocenters. The summed E-state index contributed by atoms with van der Waals surface area (Å²) in [4.78, 5) is 14.9. The van der Waals surface area contributed by atoms with Gasteiger partial charge in [-0.05, 0) is 19.1 Å². The molecule has 1 amide bonds. The Morgan fingerprint density at radius 1 is 1.29 bits per heavy atom. The molecular weight excluding hydrogens is 386 g/mol. The van der Waals surface area contributed by atoms with Gasteiger partial charge in [-0.15, -0.1) is 0 Å². The van der Waals surface area contributed by atoms with E-state index in [4.69, 9.17) is 14.2 Å². The molecule has 1 saturated heterocycles. The Morgan fingerprint density at radius 3 is 2.54 bits per heavy atom. The molecule has 1 aliphatic rings. The van der Waals surface area contributed by atoms with Crippen molar-refractivity contribution < 1.29 is 27.4 Å². The Bertz CT molecular complexity index is 765. The van der Waals surface area contributed by atoms with E-state index in [1.54, 1.807) is 19.1 Å². The summed E-state index contributed by atoms with van der Waals surface area (Å²) in [6.45, 7) is 5.66. The molecule has 0 saturated carbocycles. The van der Waals surface area contributed by atoms with E-state index in [9.17, 15) is 13.2 Å². The number of nitrogens with one attached hydrogen (secondary N) is 1. The van der Waals surface area contributed by atoms with Crippen LogP contribution in [0.5, 0.6) is 11.5 Å². The van der Waals surface area contributed by atoms with E-state index < -0.39 is 16.1 Å². The summed E-state index contributed by atoms with van der Waals surface area (Å²) in [6, 6.07) is 3.85. The van der Waals surface area contributed by atoms with Crippen LogP contribution in [-0.4, -0.2) is 85.1 Å². The fourth-order valence-electron chi connectivity index (χ4n) is 3.06. The summed E-state index contributed by atoms with van der Waals surface area (Å²) in [5.41, 5.74) is 0.250. The first-order valence-corrected chi connectivity index (χ1v) is 10.9. The van der Waals surface area contributed by atoms with Crippen molar-refractivity contribution in [1.82, 2.24) is 10.2 Å². The third-order valence-electron chi connectivity index (χ3n) is 4.54. The fourth-order valence-corrected chi connectivity index (χ4v) is 4.23. The fraction of sp³-hybridized carbons (Fsp3) is 0.611. The number of carbonyl (C=O) groups excluding carboxylic acids is 1. The molecule has 9 nitrogen and oxygen atoms in total. The molecule has 1 fully saturated rings. The van der Waals surface area contributed by atoms with E-state index in [1.807, 2.05) is 0 Å². The molecule has 158 valence electrons. The maximum atomic E-state index is 12.7. The molecule has 0 aromatic heterocycles. The van der Waals surface area contributed by atoms with Gasteiger partial charge in [0.2, 0.25) is 15.9 Å².